The normalized spacial score (nSPS) is 15.7. The van der Waals surface area contributed by atoms with Crippen LogP contribution in [0.5, 0.6) is 0 Å². The Morgan fingerprint density at radius 2 is 1.31 bits per heavy atom. The van der Waals surface area contributed by atoms with Gasteiger partial charge in [-0.05, 0) is 62.1 Å². The van der Waals surface area contributed by atoms with Crippen LogP contribution in [0.3, 0.4) is 0 Å². The number of sulfonamides is 1. The molecular weight excluding hydrogens is 1150 g/mol. The van der Waals surface area contributed by atoms with Gasteiger partial charge < -0.3 is 57.6 Å². The number of hydrogen-bond donors (Lipinski definition) is 3. The molecule has 28 heteroatoms. The predicted molar refractivity (Wildman–Crippen MR) is 310 cm³/mol. The number of carbonyl (C=O) groups excluding carboxylic acids is 5. The zero-order valence-electron chi connectivity index (χ0n) is 48.3. The van der Waals surface area contributed by atoms with E-state index >= 15 is 8.78 Å². The van der Waals surface area contributed by atoms with Crippen molar-refractivity contribution < 1.29 is 79.1 Å². The maximum Gasteiger partial charge on any atom is 0.264 e. The monoisotopic (exact) mass is 1220 g/mol. The summed E-state index contributed by atoms with van der Waals surface area (Å²) in [6.45, 7) is 9.14. The van der Waals surface area contributed by atoms with Gasteiger partial charge in [0.15, 0.2) is 5.82 Å². The lowest BCUT2D eigenvalue weighted by Gasteiger charge is -2.37. The number of imide groups is 2. The fourth-order valence-corrected chi connectivity index (χ4v) is 11.2. The zero-order valence-corrected chi connectivity index (χ0v) is 49.1. The van der Waals surface area contributed by atoms with Crippen LogP contribution in [0.4, 0.5) is 26.0 Å². The van der Waals surface area contributed by atoms with Gasteiger partial charge in [0.2, 0.25) is 27.7 Å². The number of halogens is 2. The predicted octanol–water partition coefficient (Wildman–Crippen LogP) is 4.38. The molecule has 0 saturated carbocycles. The van der Waals surface area contributed by atoms with Gasteiger partial charge in [-0.2, -0.15) is 0 Å². The Kier molecular flexibility index (Phi) is 24.5. The average molecular weight is 1220 g/mol. The molecule has 2 aromatic carbocycles. The largest absolute Gasteiger partial charge is 0.382 e. The van der Waals surface area contributed by atoms with E-state index < -0.39 is 57.0 Å². The van der Waals surface area contributed by atoms with Crippen LogP contribution in [-0.4, -0.2) is 218 Å². The van der Waals surface area contributed by atoms with Gasteiger partial charge in [-0.15, -0.1) is 0 Å². The number of amides is 5. The van der Waals surface area contributed by atoms with Gasteiger partial charge in [-0.1, -0.05) is 13.0 Å². The van der Waals surface area contributed by atoms with Gasteiger partial charge in [-0.25, -0.2) is 32.2 Å². The van der Waals surface area contributed by atoms with Crippen molar-refractivity contribution in [1.29, 1.82) is 0 Å². The third-order valence-corrected chi connectivity index (χ3v) is 15.8. The first-order valence-electron chi connectivity index (χ1n) is 28.7. The Morgan fingerprint density at radius 1 is 0.721 bits per heavy atom. The standard InChI is InChI=1S/C58H74F2N10O15S/c1-3-35-86(76,77)66-46-8-7-44(59)55(53(46)60)69-38-43(40-36-61-39-62-37-40)54-47(69)9-11-49(64-54)67(2)41-13-17-68(18-14-41)51(72)15-19-78-21-23-80-25-27-82-29-31-84-33-34-85-32-30-83-28-26-81-24-22-79-20-16-63-45-6-4-5-42-52(45)58(75)70(57(42)74)48-10-12-50(71)65-56(48)73/h4-9,11,36-39,41,48,63,66H,3,10,12-35H2,1-2H3,(H,65,71,73). The molecule has 1 unspecified atom stereocenters. The third kappa shape index (κ3) is 17.5. The molecule has 0 radical (unpaired) electrons. The highest BCUT2D eigenvalue weighted by Gasteiger charge is 2.45. The Bertz CT molecular complexity index is 3210. The molecule has 5 aromatic rings. The van der Waals surface area contributed by atoms with E-state index in [4.69, 9.17) is 42.9 Å². The smallest absolute Gasteiger partial charge is 0.264 e. The minimum atomic E-state index is -3.87. The molecule has 25 nitrogen and oxygen atoms in total. The number of nitrogens with one attached hydrogen (secondary N) is 3. The van der Waals surface area contributed by atoms with Crippen LogP contribution in [0, 0.1) is 11.6 Å². The highest BCUT2D eigenvalue weighted by atomic mass is 32.2. The number of piperidine rings is 2. The molecule has 0 spiro atoms. The summed E-state index contributed by atoms with van der Waals surface area (Å²) >= 11 is 0. The first-order valence-corrected chi connectivity index (χ1v) is 30.4. The summed E-state index contributed by atoms with van der Waals surface area (Å²) in [4.78, 5) is 81.3. The highest BCUT2D eigenvalue weighted by molar-refractivity contribution is 7.92. The van der Waals surface area contributed by atoms with Crippen LogP contribution in [0.15, 0.2) is 67.4 Å². The van der Waals surface area contributed by atoms with Crippen molar-refractivity contribution in [2.75, 3.05) is 153 Å². The van der Waals surface area contributed by atoms with Gasteiger partial charge in [0.1, 0.15) is 29.7 Å². The Hall–Kier alpha value is -7.15. The maximum absolute atomic E-state index is 16.1. The number of carbonyl (C=O) groups is 5. The van der Waals surface area contributed by atoms with Crippen LogP contribution in [0.25, 0.3) is 27.8 Å². The summed E-state index contributed by atoms with van der Waals surface area (Å²) in [7, 11) is -1.94. The molecule has 86 heavy (non-hydrogen) atoms. The summed E-state index contributed by atoms with van der Waals surface area (Å²) < 4.78 is 105. The number of nitrogens with zero attached hydrogens (tertiary/aromatic N) is 7. The molecule has 2 saturated heterocycles. The molecule has 3 aliphatic rings. The molecule has 0 bridgehead atoms. The van der Waals surface area contributed by atoms with Gasteiger partial charge >= 0.3 is 0 Å². The van der Waals surface area contributed by atoms with Gasteiger partial charge in [0, 0.05) is 74.5 Å². The Labute approximate surface area is 497 Å². The number of hydrogen-bond acceptors (Lipinski definition) is 20. The SMILES string of the molecule is CCCS(=O)(=O)Nc1ccc(F)c(-n2cc(-c3cncnc3)c3nc(N(C)C4CCN(C(=O)CCOCCOCCOCCOCCOCCOCCOCCOCCNc5cccc6c5C(=O)N(C5CCC(=O)NC5=O)C6=O)CC4)ccc32)c1F. The van der Waals surface area contributed by atoms with Crippen molar-refractivity contribution in [1.82, 2.24) is 34.6 Å². The van der Waals surface area contributed by atoms with E-state index in [-0.39, 0.29) is 60.4 Å². The summed E-state index contributed by atoms with van der Waals surface area (Å²) in [6.07, 6.45) is 8.13. The lowest BCUT2D eigenvalue weighted by atomic mass is 10.0. The zero-order chi connectivity index (χ0) is 60.8. The molecule has 2 fully saturated rings. The number of ether oxygens (including phenoxy) is 8. The number of pyridine rings is 1. The minimum Gasteiger partial charge on any atom is -0.382 e. The lowest BCUT2D eigenvalue weighted by Crippen LogP contribution is -2.54. The van der Waals surface area contributed by atoms with Crippen molar-refractivity contribution in [3.8, 4) is 16.8 Å². The number of benzene rings is 2. The van der Waals surface area contributed by atoms with E-state index in [1.807, 2.05) is 16.8 Å². The first-order chi connectivity index (χ1) is 41.8. The number of rotatable bonds is 37. The topological polar surface area (TPSA) is 283 Å². The van der Waals surface area contributed by atoms with Crippen LogP contribution < -0.4 is 20.3 Å². The second-order valence-corrected chi connectivity index (χ2v) is 22.1. The van der Waals surface area contributed by atoms with E-state index in [0.717, 1.165) is 17.0 Å². The molecule has 3 aliphatic heterocycles. The quantitative estimate of drug-likeness (QED) is 0.0367. The molecule has 1 atom stereocenters. The van der Waals surface area contributed by atoms with Crippen molar-refractivity contribution in [3.63, 3.8) is 0 Å². The van der Waals surface area contributed by atoms with E-state index in [1.54, 1.807) is 49.6 Å². The minimum absolute atomic E-state index is 0.00426. The van der Waals surface area contributed by atoms with Crippen LogP contribution in [0.1, 0.15) is 66.2 Å². The molecule has 5 amide bonds. The van der Waals surface area contributed by atoms with E-state index in [1.165, 1.54) is 17.1 Å². The van der Waals surface area contributed by atoms with Crippen LogP contribution in [0.2, 0.25) is 0 Å². The molecule has 3 N–H and O–H groups in total. The summed E-state index contributed by atoms with van der Waals surface area (Å²) in [6, 6.07) is 9.47. The number of fused-ring (bicyclic) bond motifs is 2. The summed E-state index contributed by atoms with van der Waals surface area (Å²) in [5.41, 5.74) is 1.90. The molecule has 466 valence electrons. The number of likely N-dealkylation sites (tertiary alicyclic amines) is 1. The average Bonchev–Trinajstić information content (AvgIpc) is 1.69. The Morgan fingerprint density at radius 3 is 1.91 bits per heavy atom. The number of anilines is 3. The molecule has 3 aromatic heterocycles. The van der Waals surface area contributed by atoms with E-state index in [2.05, 4.69) is 25.3 Å². The van der Waals surface area contributed by atoms with Gasteiger partial charge in [0.05, 0.1) is 146 Å². The number of aromatic nitrogens is 4. The lowest BCUT2D eigenvalue weighted by molar-refractivity contribution is -0.136. The highest BCUT2D eigenvalue weighted by Crippen LogP contribution is 2.37. The molecule has 6 heterocycles. The van der Waals surface area contributed by atoms with Gasteiger partial charge in [-0.3, -0.25) is 38.9 Å². The van der Waals surface area contributed by atoms with Crippen LogP contribution in [-0.2, 0) is 62.3 Å². The van der Waals surface area contributed by atoms with Crippen molar-refractivity contribution in [2.45, 2.75) is 57.5 Å². The van der Waals surface area contributed by atoms with Crippen LogP contribution >= 0.6 is 0 Å². The molecular formula is C58H74F2N10O15S. The molecule has 8 rings (SSSR count). The maximum atomic E-state index is 16.1. The van der Waals surface area contributed by atoms with E-state index in [0.29, 0.717) is 172 Å². The third-order valence-electron chi connectivity index (χ3n) is 14.4. The van der Waals surface area contributed by atoms with Gasteiger partial charge in [0.25, 0.3) is 11.8 Å². The fourth-order valence-electron chi connectivity index (χ4n) is 10.0. The summed E-state index contributed by atoms with van der Waals surface area (Å²) in [5, 5.41) is 5.33. The fraction of sp³-hybridized carbons (Fsp3) is 0.517. The second-order valence-electron chi connectivity index (χ2n) is 20.2. The first kappa shape index (κ1) is 64.8. The second kappa shape index (κ2) is 32.5. The van der Waals surface area contributed by atoms with Crippen molar-refractivity contribution >= 4 is 67.8 Å². The van der Waals surface area contributed by atoms with Crippen molar-refractivity contribution in [2.24, 2.45) is 0 Å². The van der Waals surface area contributed by atoms with Crippen molar-refractivity contribution in [3.05, 3.63) is 90.1 Å². The van der Waals surface area contributed by atoms with E-state index in [9.17, 15) is 32.4 Å². The summed E-state index contributed by atoms with van der Waals surface area (Å²) in [5.74, 6) is -3.81. The molecule has 0 aliphatic carbocycles. The Balaban J connectivity index is 0.598.